The van der Waals surface area contributed by atoms with Gasteiger partial charge < -0.3 is 19.9 Å². The predicted molar refractivity (Wildman–Crippen MR) is 145 cm³/mol. The minimum atomic E-state index is -0.675. The number of rotatable bonds is 9. The lowest BCUT2D eigenvalue weighted by Gasteiger charge is -2.34. The summed E-state index contributed by atoms with van der Waals surface area (Å²) < 4.78 is 45.8. The number of H-pyrrole nitrogens is 1. The van der Waals surface area contributed by atoms with Crippen molar-refractivity contribution >= 4 is 28.3 Å². The smallest absolute Gasteiger partial charge is 0.257 e. The van der Waals surface area contributed by atoms with Crippen molar-refractivity contribution in [3.05, 3.63) is 82.9 Å². The van der Waals surface area contributed by atoms with Gasteiger partial charge in [0.2, 0.25) is 0 Å². The Morgan fingerprint density at radius 3 is 2.54 bits per heavy atom. The number of benzene rings is 3. The number of aryl methyl sites for hydroxylation is 1. The van der Waals surface area contributed by atoms with Gasteiger partial charge in [-0.2, -0.15) is 5.10 Å². The molecule has 1 amide bonds. The molecule has 0 unspecified atom stereocenters. The second kappa shape index (κ2) is 11.8. The molecule has 1 saturated heterocycles. The van der Waals surface area contributed by atoms with Crippen LogP contribution in [-0.4, -0.2) is 60.9 Å². The highest BCUT2D eigenvalue weighted by Crippen LogP contribution is 2.28. The SMILES string of the molecule is CN1CCN(c2ccc(C(=O)Nc3n[nH]c4ccc(OCc5cc(F)cc(F)c5)cc34)c(CCCF)c2)CC1. The fourth-order valence-corrected chi connectivity index (χ4v) is 4.74. The molecule has 39 heavy (non-hydrogen) atoms. The van der Waals surface area contributed by atoms with Gasteiger partial charge >= 0.3 is 0 Å². The van der Waals surface area contributed by atoms with Gasteiger partial charge in [0.1, 0.15) is 24.0 Å². The minimum absolute atomic E-state index is 0.0304. The van der Waals surface area contributed by atoms with E-state index in [0.717, 1.165) is 43.5 Å². The lowest BCUT2D eigenvalue weighted by Crippen LogP contribution is -2.44. The molecular weight excluding hydrogens is 507 g/mol. The maximum Gasteiger partial charge on any atom is 0.257 e. The number of likely N-dealkylation sites (N-methyl/N-ethyl adjacent to an activating group) is 1. The van der Waals surface area contributed by atoms with Crippen LogP contribution in [0.4, 0.5) is 24.7 Å². The quantitative estimate of drug-likeness (QED) is 0.302. The first-order valence-electron chi connectivity index (χ1n) is 12.9. The Kier molecular flexibility index (Phi) is 8.02. The zero-order valence-electron chi connectivity index (χ0n) is 21.6. The summed E-state index contributed by atoms with van der Waals surface area (Å²) in [6.07, 6.45) is 0.772. The second-order valence-electron chi connectivity index (χ2n) is 9.72. The van der Waals surface area contributed by atoms with Crippen LogP contribution in [0.2, 0.25) is 0 Å². The highest BCUT2D eigenvalue weighted by Gasteiger charge is 2.19. The Morgan fingerprint density at radius 2 is 1.79 bits per heavy atom. The lowest BCUT2D eigenvalue weighted by atomic mass is 10.0. The predicted octanol–water partition coefficient (Wildman–Crippen LogP) is 5.33. The summed E-state index contributed by atoms with van der Waals surface area (Å²) in [4.78, 5) is 17.9. The number of hydrogen-bond acceptors (Lipinski definition) is 5. The number of alkyl halides is 1. The van der Waals surface area contributed by atoms with Crippen LogP contribution in [0.3, 0.4) is 0 Å². The molecule has 1 fully saturated rings. The van der Waals surface area contributed by atoms with Crippen molar-refractivity contribution in [1.82, 2.24) is 15.1 Å². The number of halogens is 3. The molecule has 10 heteroatoms. The molecule has 0 bridgehead atoms. The fraction of sp³-hybridized carbons (Fsp3) is 0.310. The third kappa shape index (κ3) is 6.34. The zero-order valence-corrected chi connectivity index (χ0v) is 21.6. The Hall–Kier alpha value is -4.05. The number of carbonyl (C=O) groups is 1. The molecule has 4 aromatic rings. The van der Waals surface area contributed by atoms with E-state index in [0.29, 0.717) is 46.4 Å². The first kappa shape index (κ1) is 26.6. The molecule has 0 saturated carbocycles. The molecule has 0 aliphatic carbocycles. The Bertz CT molecular complexity index is 1450. The van der Waals surface area contributed by atoms with Crippen LogP contribution < -0.4 is 15.0 Å². The van der Waals surface area contributed by atoms with Gasteiger partial charge in [0.15, 0.2) is 5.82 Å². The Labute approximate surface area is 224 Å². The molecule has 0 spiro atoms. The fourth-order valence-electron chi connectivity index (χ4n) is 4.74. The number of hydrogen-bond donors (Lipinski definition) is 2. The molecule has 204 valence electrons. The summed E-state index contributed by atoms with van der Waals surface area (Å²) in [5, 5.41) is 10.6. The van der Waals surface area contributed by atoms with E-state index >= 15 is 0 Å². The van der Waals surface area contributed by atoms with E-state index in [1.807, 2.05) is 12.1 Å². The molecule has 3 aromatic carbocycles. The van der Waals surface area contributed by atoms with Crippen molar-refractivity contribution in [1.29, 1.82) is 0 Å². The number of anilines is 2. The third-order valence-electron chi connectivity index (χ3n) is 6.88. The van der Waals surface area contributed by atoms with E-state index in [2.05, 4.69) is 32.4 Å². The third-order valence-corrected chi connectivity index (χ3v) is 6.88. The standard InChI is InChI=1S/C29H30F3N5O2/c1-36-9-11-37(12-10-36)23-4-6-25(20(15-23)3-2-8-30)29(38)33-28-26-17-24(5-7-27(26)34-35-28)39-18-19-13-21(31)16-22(32)14-19/h4-7,13-17H,2-3,8-12,18H2,1H3,(H2,33,34,35,38). The van der Waals surface area contributed by atoms with Crippen molar-refractivity contribution in [3.63, 3.8) is 0 Å². The van der Waals surface area contributed by atoms with Crippen LogP contribution in [0.5, 0.6) is 5.75 Å². The maximum absolute atomic E-state index is 13.5. The summed E-state index contributed by atoms with van der Waals surface area (Å²) in [6.45, 7) is 3.20. The van der Waals surface area contributed by atoms with E-state index in [1.165, 1.54) is 12.1 Å². The average molecular weight is 538 g/mol. The van der Waals surface area contributed by atoms with Crippen LogP contribution in [0, 0.1) is 11.6 Å². The summed E-state index contributed by atoms with van der Waals surface area (Å²) in [5.41, 5.74) is 3.32. The zero-order chi connectivity index (χ0) is 27.4. The Balaban J connectivity index is 1.34. The number of piperazine rings is 1. The van der Waals surface area contributed by atoms with Gasteiger partial charge in [-0.05, 0) is 79.5 Å². The monoisotopic (exact) mass is 537 g/mol. The van der Waals surface area contributed by atoms with E-state index in [-0.39, 0.29) is 12.5 Å². The summed E-state index contributed by atoms with van der Waals surface area (Å²) >= 11 is 0. The number of aromatic amines is 1. The van der Waals surface area contributed by atoms with E-state index < -0.39 is 18.3 Å². The molecule has 0 atom stereocenters. The molecule has 2 N–H and O–H groups in total. The molecule has 7 nitrogen and oxygen atoms in total. The number of carbonyl (C=O) groups excluding carboxylic acids is 1. The molecule has 5 rings (SSSR count). The number of amides is 1. The van der Waals surface area contributed by atoms with Gasteiger partial charge in [-0.25, -0.2) is 8.78 Å². The van der Waals surface area contributed by atoms with E-state index in [4.69, 9.17) is 4.74 Å². The highest BCUT2D eigenvalue weighted by atomic mass is 19.1. The van der Waals surface area contributed by atoms with Crippen LogP contribution >= 0.6 is 0 Å². The molecular formula is C29H30F3N5O2. The van der Waals surface area contributed by atoms with E-state index in [1.54, 1.807) is 24.3 Å². The number of fused-ring (bicyclic) bond motifs is 1. The highest BCUT2D eigenvalue weighted by molar-refractivity contribution is 6.09. The lowest BCUT2D eigenvalue weighted by molar-refractivity contribution is 0.102. The number of aromatic nitrogens is 2. The van der Waals surface area contributed by atoms with E-state index in [9.17, 15) is 18.0 Å². The minimum Gasteiger partial charge on any atom is -0.489 e. The maximum atomic E-state index is 13.5. The largest absolute Gasteiger partial charge is 0.489 e. The van der Waals surface area contributed by atoms with Gasteiger partial charge in [-0.1, -0.05) is 0 Å². The number of nitrogens with one attached hydrogen (secondary N) is 2. The summed E-state index contributed by atoms with van der Waals surface area (Å²) in [7, 11) is 2.09. The van der Waals surface area contributed by atoms with Crippen LogP contribution in [0.25, 0.3) is 10.9 Å². The second-order valence-corrected chi connectivity index (χ2v) is 9.72. The van der Waals surface area contributed by atoms with Gasteiger partial charge in [-0.3, -0.25) is 14.3 Å². The number of nitrogens with zero attached hydrogens (tertiary/aromatic N) is 3. The summed E-state index contributed by atoms with van der Waals surface area (Å²) in [6, 6.07) is 14.1. The van der Waals surface area contributed by atoms with Gasteiger partial charge in [0.05, 0.1) is 12.2 Å². The van der Waals surface area contributed by atoms with Crippen LogP contribution in [-0.2, 0) is 13.0 Å². The van der Waals surface area contributed by atoms with Gasteiger partial charge in [-0.15, -0.1) is 0 Å². The first-order chi connectivity index (χ1) is 18.9. The molecule has 1 aliphatic rings. The van der Waals surface area contributed by atoms with Crippen molar-refractivity contribution in [2.45, 2.75) is 19.4 Å². The van der Waals surface area contributed by atoms with Gasteiger partial charge in [0, 0.05) is 48.9 Å². The molecule has 1 aromatic heterocycles. The normalized spacial score (nSPS) is 14.1. The van der Waals surface area contributed by atoms with Crippen molar-refractivity contribution in [3.8, 4) is 5.75 Å². The number of ether oxygens (including phenoxy) is 1. The van der Waals surface area contributed by atoms with Crippen LogP contribution in [0.15, 0.2) is 54.6 Å². The average Bonchev–Trinajstić information content (AvgIpc) is 3.32. The van der Waals surface area contributed by atoms with Crippen LogP contribution in [0.1, 0.15) is 27.9 Å². The van der Waals surface area contributed by atoms with Gasteiger partial charge in [0.25, 0.3) is 5.91 Å². The van der Waals surface area contributed by atoms with Crippen molar-refractivity contribution in [2.75, 3.05) is 50.1 Å². The van der Waals surface area contributed by atoms with Crippen molar-refractivity contribution in [2.24, 2.45) is 0 Å². The van der Waals surface area contributed by atoms with Crippen molar-refractivity contribution < 1.29 is 22.7 Å². The first-order valence-corrected chi connectivity index (χ1v) is 12.9. The Morgan fingerprint density at radius 1 is 1.03 bits per heavy atom. The molecule has 2 heterocycles. The molecule has 1 aliphatic heterocycles. The topological polar surface area (TPSA) is 73.5 Å². The summed E-state index contributed by atoms with van der Waals surface area (Å²) in [5.74, 6) is -0.928. The molecule has 0 radical (unpaired) electrons.